The van der Waals surface area contributed by atoms with E-state index in [1.54, 1.807) is 12.1 Å². The van der Waals surface area contributed by atoms with E-state index in [0.29, 0.717) is 27.3 Å². The highest BCUT2D eigenvalue weighted by Crippen LogP contribution is 2.33. The van der Waals surface area contributed by atoms with Gasteiger partial charge in [-0.2, -0.15) is 0 Å². The molecule has 1 N–H and O–H groups in total. The minimum Gasteiger partial charge on any atom is -0.322 e. The number of nitrogens with one attached hydrogen (secondary N) is 1. The summed E-state index contributed by atoms with van der Waals surface area (Å²) in [6, 6.07) is 13.1. The molecule has 3 nitrogen and oxygen atoms in total. The zero-order chi connectivity index (χ0) is 16.8. The second-order valence-electron chi connectivity index (χ2n) is 5.08. The summed E-state index contributed by atoms with van der Waals surface area (Å²) in [7, 11) is 0. The third-order valence-corrected chi connectivity index (χ3v) is 4.15. The highest BCUT2D eigenvalue weighted by Gasteiger charge is 2.14. The van der Waals surface area contributed by atoms with Gasteiger partial charge in [0.25, 0.3) is 0 Å². The minimum atomic E-state index is -0.172. The van der Waals surface area contributed by atoms with Crippen LogP contribution in [0.25, 0.3) is 0 Å². The smallest absolute Gasteiger partial charge is 0.238 e. The molecule has 23 heavy (non-hydrogen) atoms. The molecule has 0 fully saturated rings. The lowest BCUT2D eigenvalue weighted by atomic mass is 10.2. The van der Waals surface area contributed by atoms with Crippen LogP contribution in [-0.4, -0.2) is 23.9 Å². The van der Waals surface area contributed by atoms with Crippen LogP contribution in [0.2, 0.25) is 15.1 Å². The van der Waals surface area contributed by atoms with Gasteiger partial charge in [0.2, 0.25) is 5.91 Å². The first kappa shape index (κ1) is 18.1. The van der Waals surface area contributed by atoms with E-state index in [1.807, 2.05) is 42.2 Å². The first-order chi connectivity index (χ1) is 11.0. The minimum absolute atomic E-state index is 0.172. The zero-order valence-electron chi connectivity index (χ0n) is 12.7. The van der Waals surface area contributed by atoms with Crippen LogP contribution in [0.1, 0.15) is 12.5 Å². The van der Waals surface area contributed by atoms with Crippen molar-refractivity contribution >= 4 is 46.4 Å². The van der Waals surface area contributed by atoms with Gasteiger partial charge in [0.05, 0.1) is 22.3 Å². The van der Waals surface area contributed by atoms with Gasteiger partial charge in [-0.1, -0.05) is 72.1 Å². The molecule has 122 valence electrons. The molecular weight excluding hydrogens is 355 g/mol. The number of benzene rings is 2. The summed E-state index contributed by atoms with van der Waals surface area (Å²) < 4.78 is 0. The second kappa shape index (κ2) is 8.55. The van der Waals surface area contributed by atoms with Gasteiger partial charge in [0.15, 0.2) is 0 Å². The van der Waals surface area contributed by atoms with Crippen molar-refractivity contribution in [1.29, 1.82) is 0 Å². The lowest BCUT2D eigenvalue weighted by molar-refractivity contribution is -0.117. The summed E-state index contributed by atoms with van der Waals surface area (Å²) in [6.07, 6.45) is 0. The summed E-state index contributed by atoms with van der Waals surface area (Å²) in [5, 5.41) is 3.82. The number of likely N-dealkylation sites (N-methyl/N-ethyl adjacent to an activating group) is 1. The van der Waals surface area contributed by atoms with Crippen LogP contribution >= 0.6 is 34.8 Å². The molecule has 0 heterocycles. The number of hydrogen-bond donors (Lipinski definition) is 1. The molecule has 1 amide bonds. The van der Waals surface area contributed by atoms with Gasteiger partial charge in [-0.05, 0) is 24.2 Å². The molecule has 2 aromatic rings. The highest BCUT2D eigenvalue weighted by molar-refractivity contribution is 6.42. The van der Waals surface area contributed by atoms with E-state index >= 15 is 0 Å². The maximum absolute atomic E-state index is 12.3. The quantitative estimate of drug-likeness (QED) is 0.765. The Bertz CT molecular complexity index is 654. The first-order valence-electron chi connectivity index (χ1n) is 7.20. The number of carbonyl (C=O) groups excluding carboxylic acids is 1. The van der Waals surface area contributed by atoms with Crippen LogP contribution in [0.15, 0.2) is 42.5 Å². The zero-order valence-corrected chi connectivity index (χ0v) is 14.9. The summed E-state index contributed by atoms with van der Waals surface area (Å²) >= 11 is 18.0. The number of amides is 1. The Hall–Kier alpha value is -1.26. The van der Waals surface area contributed by atoms with Crippen molar-refractivity contribution in [3.05, 3.63) is 63.1 Å². The summed E-state index contributed by atoms with van der Waals surface area (Å²) in [5.41, 5.74) is 1.54. The molecule has 0 spiro atoms. The monoisotopic (exact) mass is 370 g/mol. The maximum Gasteiger partial charge on any atom is 0.238 e. The molecule has 0 saturated heterocycles. The average molecular weight is 372 g/mol. The summed E-state index contributed by atoms with van der Waals surface area (Å²) in [6.45, 7) is 3.72. The normalized spacial score (nSPS) is 10.8. The fraction of sp³-hybridized carbons (Fsp3) is 0.235. The lowest BCUT2D eigenvalue weighted by Gasteiger charge is -2.20. The molecular formula is C17H17Cl3N2O. The predicted molar refractivity (Wildman–Crippen MR) is 97.5 cm³/mol. The standard InChI is InChI=1S/C17H17Cl3N2O/c1-2-22(10-12-6-4-3-5-7-12)11-16(23)21-17-14(19)8-13(18)9-15(17)20/h3-9H,2,10-11H2,1H3,(H,21,23). The fourth-order valence-electron chi connectivity index (χ4n) is 2.16. The molecule has 0 aliphatic rings. The molecule has 0 aromatic heterocycles. The first-order valence-corrected chi connectivity index (χ1v) is 8.33. The van der Waals surface area contributed by atoms with Gasteiger partial charge < -0.3 is 5.32 Å². The number of nitrogens with zero attached hydrogens (tertiary/aromatic N) is 1. The Morgan fingerprint density at radius 2 is 1.70 bits per heavy atom. The van der Waals surface area contributed by atoms with E-state index in [-0.39, 0.29) is 12.5 Å². The Morgan fingerprint density at radius 3 is 2.26 bits per heavy atom. The van der Waals surface area contributed by atoms with E-state index in [0.717, 1.165) is 12.1 Å². The largest absolute Gasteiger partial charge is 0.322 e. The fourth-order valence-corrected chi connectivity index (χ4v) is 3.08. The second-order valence-corrected chi connectivity index (χ2v) is 6.33. The van der Waals surface area contributed by atoms with Crippen molar-refractivity contribution in [1.82, 2.24) is 4.90 Å². The number of rotatable bonds is 6. The van der Waals surface area contributed by atoms with Crippen molar-refractivity contribution in [3.63, 3.8) is 0 Å². The molecule has 0 radical (unpaired) electrons. The molecule has 2 aromatic carbocycles. The number of carbonyl (C=O) groups is 1. The molecule has 0 aliphatic carbocycles. The van der Waals surface area contributed by atoms with Crippen molar-refractivity contribution in [3.8, 4) is 0 Å². The third kappa shape index (κ3) is 5.40. The molecule has 6 heteroatoms. The van der Waals surface area contributed by atoms with Crippen LogP contribution in [0.4, 0.5) is 5.69 Å². The molecule has 0 unspecified atom stereocenters. The Balaban J connectivity index is 2.00. The highest BCUT2D eigenvalue weighted by atomic mass is 35.5. The number of halogens is 3. The van der Waals surface area contributed by atoms with Crippen LogP contribution in [0.3, 0.4) is 0 Å². The third-order valence-electron chi connectivity index (χ3n) is 3.33. The van der Waals surface area contributed by atoms with Crippen molar-refractivity contribution in [2.75, 3.05) is 18.4 Å². The van der Waals surface area contributed by atoms with Crippen LogP contribution in [0, 0.1) is 0 Å². The van der Waals surface area contributed by atoms with Gasteiger partial charge >= 0.3 is 0 Å². The Morgan fingerprint density at radius 1 is 1.09 bits per heavy atom. The van der Waals surface area contributed by atoms with Crippen LogP contribution in [0.5, 0.6) is 0 Å². The number of hydrogen-bond acceptors (Lipinski definition) is 2. The van der Waals surface area contributed by atoms with Gasteiger partial charge in [0, 0.05) is 11.6 Å². The molecule has 0 aliphatic heterocycles. The molecule has 0 bridgehead atoms. The van der Waals surface area contributed by atoms with Gasteiger partial charge in [-0.3, -0.25) is 9.69 Å². The average Bonchev–Trinajstić information content (AvgIpc) is 2.51. The Labute approximate surface area is 151 Å². The van der Waals surface area contributed by atoms with E-state index in [1.165, 1.54) is 0 Å². The predicted octanol–water partition coefficient (Wildman–Crippen LogP) is 5.11. The molecule has 0 atom stereocenters. The van der Waals surface area contributed by atoms with Crippen molar-refractivity contribution < 1.29 is 4.79 Å². The van der Waals surface area contributed by atoms with E-state index < -0.39 is 0 Å². The topological polar surface area (TPSA) is 32.3 Å². The van der Waals surface area contributed by atoms with Crippen LogP contribution < -0.4 is 5.32 Å². The SMILES string of the molecule is CCN(CC(=O)Nc1c(Cl)cc(Cl)cc1Cl)Cc1ccccc1. The molecule has 0 saturated carbocycles. The summed E-state index contributed by atoms with van der Waals surface area (Å²) in [4.78, 5) is 14.3. The maximum atomic E-state index is 12.3. The Kier molecular flexibility index (Phi) is 6.72. The van der Waals surface area contributed by atoms with E-state index in [4.69, 9.17) is 34.8 Å². The van der Waals surface area contributed by atoms with Gasteiger partial charge in [0.1, 0.15) is 0 Å². The van der Waals surface area contributed by atoms with Crippen molar-refractivity contribution in [2.24, 2.45) is 0 Å². The van der Waals surface area contributed by atoms with Gasteiger partial charge in [-0.25, -0.2) is 0 Å². The summed E-state index contributed by atoms with van der Waals surface area (Å²) in [5.74, 6) is -0.172. The van der Waals surface area contributed by atoms with E-state index in [9.17, 15) is 4.79 Å². The van der Waals surface area contributed by atoms with E-state index in [2.05, 4.69) is 5.32 Å². The lowest BCUT2D eigenvalue weighted by Crippen LogP contribution is -2.32. The van der Waals surface area contributed by atoms with Crippen molar-refractivity contribution in [2.45, 2.75) is 13.5 Å². The number of anilines is 1. The van der Waals surface area contributed by atoms with Crippen LogP contribution in [-0.2, 0) is 11.3 Å². The molecule has 2 rings (SSSR count). The van der Waals surface area contributed by atoms with Gasteiger partial charge in [-0.15, -0.1) is 0 Å².